The zero-order valence-electron chi connectivity index (χ0n) is 12.2. The summed E-state index contributed by atoms with van der Waals surface area (Å²) in [7, 11) is 0. The van der Waals surface area contributed by atoms with Gasteiger partial charge in [-0.25, -0.2) is 0 Å². The van der Waals surface area contributed by atoms with Crippen LogP contribution in [0.25, 0.3) is 0 Å². The fraction of sp³-hybridized carbons (Fsp3) is 0.625. The first-order chi connectivity index (χ1) is 8.57. The molecule has 0 saturated heterocycles. The van der Waals surface area contributed by atoms with Gasteiger partial charge in [0.1, 0.15) is 0 Å². The van der Waals surface area contributed by atoms with E-state index >= 15 is 0 Å². The van der Waals surface area contributed by atoms with Gasteiger partial charge < -0.3 is 5.73 Å². The van der Waals surface area contributed by atoms with Crippen molar-refractivity contribution in [3.63, 3.8) is 0 Å². The van der Waals surface area contributed by atoms with Crippen molar-refractivity contribution >= 4 is 0 Å². The van der Waals surface area contributed by atoms with E-state index in [1.807, 2.05) is 0 Å². The average molecular weight is 248 g/mol. The predicted octanol–water partition coefficient (Wildman–Crippen LogP) is 3.27. The van der Waals surface area contributed by atoms with E-state index in [0.717, 1.165) is 26.2 Å². The van der Waals surface area contributed by atoms with Gasteiger partial charge in [-0.1, -0.05) is 51.1 Å². The van der Waals surface area contributed by atoms with Crippen LogP contribution in [-0.4, -0.2) is 24.5 Å². The summed E-state index contributed by atoms with van der Waals surface area (Å²) in [6.07, 6.45) is 2.43. The minimum atomic E-state index is 0.284. The quantitative estimate of drug-likeness (QED) is 0.765. The minimum absolute atomic E-state index is 0.284. The summed E-state index contributed by atoms with van der Waals surface area (Å²) in [5.41, 5.74) is 7.45. The third kappa shape index (κ3) is 5.65. The largest absolute Gasteiger partial charge is 0.330 e. The van der Waals surface area contributed by atoms with E-state index in [4.69, 9.17) is 5.73 Å². The van der Waals surface area contributed by atoms with E-state index in [1.54, 1.807) is 0 Å². The van der Waals surface area contributed by atoms with Crippen LogP contribution < -0.4 is 5.73 Å². The molecule has 0 aliphatic carbocycles. The van der Waals surface area contributed by atoms with Gasteiger partial charge in [-0.15, -0.1) is 0 Å². The van der Waals surface area contributed by atoms with Crippen LogP contribution in [-0.2, 0) is 6.54 Å². The van der Waals surface area contributed by atoms with Crippen molar-refractivity contribution in [2.24, 2.45) is 11.1 Å². The van der Waals surface area contributed by atoms with Gasteiger partial charge in [-0.3, -0.25) is 4.90 Å². The second-order valence-corrected chi connectivity index (χ2v) is 5.83. The molecule has 0 aromatic heterocycles. The summed E-state index contributed by atoms with van der Waals surface area (Å²) >= 11 is 0. The lowest BCUT2D eigenvalue weighted by molar-refractivity contribution is 0.246. The summed E-state index contributed by atoms with van der Waals surface area (Å²) in [6, 6.07) is 10.7. The Balaban J connectivity index is 2.34. The Labute approximate surface area is 112 Å². The standard InChI is InChI=1S/C16H28N2/c1-4-18(12-8-11-16(2,3)14-17)13-15-9-6-5-7-10-15/h5-7,9-10H,4,8,11-14,17H2,1-3H3. The second-order valence-electron chi connectivity index (χ2n) is 5.83. The van der Waals surface area contributed by atoms with Crippen LogP contribution in [0.5, 0.6) is 0 Å². The number of nitrogens with two attached hydrogens (primary N) is 1. The van der Waals surface area contributed by atoms with Crippen LogP contribution >= 0.6 is 0 Å². The molecule has 2 nitrogen and oxygen atoms in total. The molecule has 0 radical (unpaired) electrons. The third-order valence-electron chi connectivity index (χ3n) is 3.58. The number of hydrogen-bond acceptors (Lipinski definition) is 2. The maximum absolute atomic E-state index is 5.77. The molecule has 0 fully saturated rings. The predicted molar refractivity (Wildman–Crippen MR) is 79.5 cm³/mol. The van der Waals surface area contributed by atoms with Gasteiger partial charge in [0.25, 0.3) is 0 Å². The number of rotatable bonds is 8. The average Bonchev–Trinajstić information content (AvgIpc) is 2.38. The molecule has 0 unspecified atom stereocenters. The van der Waals surface area contributed by atoms with E-state index in [-0.39, 0.29) is 5.41 Å². The van der Waals surface area contributed by atoms with Crippen LogP contribution in [0.4, 0.5) is 0 Å². The molecule has 0 spiro atoms. The summed E-state index contributed by atoms with van der Waals surface area (Å²) < 4.78 is 0. The molecular formula is C16H28N2. The van der Waals surface area contributed by atoms with E-state index < -0.39 is 0 Å². The lowest BCUT2D eigenvalue weighted by Crippen LogP contribution is -2.28. The van der Waals surface area contributed by atoms with Gasteiger partial charge in [-0.05, 0) is 43.5 Å². The molecule has 0 atom stereocenters. The Morgan fingerprint density at radius 2 is 1.83 bits per heavy atom. The van der Waals surface area contributed by atoms with Gasteiger partial charge >= 0.3 is 0 Å². The molecular weight excluding hydrogens is 220 g/mol. The Kier molecular flexibility index (Phi) is 6.37. The second kappa shape index (κ2) is 7.55. The van der Waals surface area contributed by atoms with Crippen LogP contribution in [0.2, 0.25) is 0 Å². The van der Waals surface area contributed by atoms with Gasteiger partial charge in [0, 0.05) is 6.54 Å². The van der Waals surface area contributed by atoms with Crippen molar-refractivity contribution in [3.8, 4) is 0 Å². The van der Waals surface area contributed by atoms with Crippen LogP contribution in [0, 0.1) is 5.41 Å². The highest BCUT2D eigenvalue weighted by Crippen LogP contribution is 2.20. The molecule has 0 aliphatic rings. The summed E-state index contributed by atoms with van der Waals surface area (Å²) in [5, 5.41) is 0. The molecule has 2 N–H and O–H groups in total. The third-order valence-corrected chi connectivity index (χ3v) is 3.58. The van der Waals surface area contributed by atoms with Crippen molar-refractivity contribution in [3.05, 3.63) is 35.9 Å². The molecule has 0 bridgehead atoms. The maximum atomic E-state index is 5.77. The molecule has 2 heteroatoms. The zero-order valence-corrected chi connectivity index (χ0v) is 12.2. The number of nitrogens with zero attached hydrogens (tertiary/aromatic N) is 1. The highest BCUT2D eigenvalue weighted by Gasteiger charge is 2.15. The van der Waals surface area contributed by atoms with Crippen LogP contribution in [0.1, 0.15) is 39.2 Å². The molecule has 0 saturated carbocycles. The van der Waals surface area contributed by atoms with Gasteiger partial charge in [0.15, 0.2) is 0 Å². The van der Waals surface area contributed by atoms with E-state index in [9.17, 15) is 0 Å². The number of benzene rings is 1. The Morgan fingerprint density at radius 3 is 2.39 bits per heavy atom. The first-order valence-corrected chi connectivity index (χ1v) is 7.04. The van der Waals surface area contributed by atoms with E-state index in [1.165, 1.54) is 18.4 Å². The van der Waals surface area contributed by atoms with Crippen LogP contribution in [0.15, 0.2) is 30.3 Å². The van der Waals surface area contributed by atoms with Gasteiger partial charge in [-0.2, -0.15) is 0 Å². The van der Waals surface area contributed by atoms with Crippen molar-refractivity contribution in [1.29, 1.82) is 0 Å². The lowest BCUT2D eigenvalue weighted by Gasteiger charge is -2.25. The highest BCUT2D eigenvalue weighted by molar-refractivity contribution is 5.14. The highest BCUT2D eigenvalue weighted by atomic mass is 15.1. The summed E-state index contributed by atoms with van der Waals surface area (Å²) in [6.45, 7) is 10.8. The normalized spacial score (nSPS) is 12.1. The van der Waals surface area contributed by atoms with E-state index in [0.29, 0.717) is 0 Å². The van der Waals surface area contributed by atoms with Crippen molar-refractivity contribution in [1.82, 2.24) is 4.90 Å². The van der Waals surface area contributed by atoms with Gasteiger partial charge in [0.2, 0.25) is 0 Å². The first-order valence-electron chi connectivity index (χ1n) is 7.04. The first kappa shape index (κ1) is 15.2. The SMILES string of the molecule is CCN(CCCC(C)(C)CN)Cc1ccccc1. The summed E-state index contributed by atoms with van der Waals surface area (Å²) in [4.78, 5) is 2.50. The zero-order chi connectivity index (χ0) is 13.4. The topological polar surface area (TPSA) is 29.3 Å². The Hall–Kier alpha value is -0.860. The summed E-state index contributed by atoms with van der Waals surface area (Å²) in [5.74, 6) is 0. The van der Waals surface area contributed by atoms with Crippen LogP contribution in [0.3, 0.4) is 0 Å². The van der Waals surface area contributed by atoms with E-state index in [2.05, 4.69) is 56.0 Å². The number of hydrogen-bond donors (Lipinski definition) is 1. The minimum Gasteiger partial charge on any atom is -0.330 e. The molecule has 1 aromatic rings. The smallest absolute Gasteiger partial charge is 0.0233 e. The van der Waals surface area contributed by atoms with Crippen molar-refractivity contribution < 1.29 is 0 Å². The van der Waals surface area contributed by atoms with Crippen molar-refractivity contribution in [2.75, 3.05) is 19.6 Å². The molecule has 0 heterocycles. The molecule has 18 heavy (non-hydrogen) atoms. The molecule has 1 rings (SSSR count). The monoisotopic (exact) mass is 248 g/mol. The fourth-order valence-electron chi connectivity index (χ4n) is 2.07. The molecule has 0 amide bonds. The fourth-order valence-corrected chi connectivity index (χ4v) is 2.07. The molecule has 102 valence electrons. The Bertz CT molecular complexity index is 319. The molecule has 0 aliphatic heterocycles. The molecule has 1 aromatic carbocycles. The van der Waals surface area contributed by atoms with Crippen molar-refractivity contribution in [2.45, 2.75) is 40.2 Å². The lowest BCUT2D eigenvalue weighted by atomic mass is 9.88. The Morgan fingerprint density at radius 1 is 1.17 bits per heavy atom. The maximum Gasteiger partial charge on any atom is 0.0233 e. The van der Waals surface area contributed by atoms with Gasteiger partial charge in [0.05, 0.1) is 0 Å².